The highest BCUT2D eigenvalue weighted by Crippen LogP contribution is 2.27. The van der Waals surface area contributed by atoms with E-state index < -0.39 is 6.10 Å². The van der Waals surface area contributed by atoms with E-state index in [0.29, 0.717) is 12.2 Å². The third-order valence-corrected chi connectivity index (χ3v) is 3.36. The Bertz CT molecular complexity index is 581. The predicted octanol–water partition coefficient (Wildman–Crippen LogP) is 4.16. The molecule has 0 bridgehead atoms. The molecule has 3 heteroatoms. The number of benzene rings is 2. The molecule has 0 saturated carbocycles. The van der Waals surface area contributed by atoms with Crippen LogP contribution in [0.4, 0.5) is 4.39 Å². The van der Waals surface area contributed by atoms with Crippen LogP contribution in [-0.4, -0.2) is 5.11 Å². The molecule has 2 aromatic carbocycles. The minimum Gasteiger partial charge on any atom is -0.489 e. The van der Waals surface area contributed by atoms with Gasteiger partial charge in [0.2, 0.25) is 0 Å². The van der Waals surface area contributed by atoms with Crippen LogP contribution in [0.1, 0.15) is 36.1 Å². The summed E-state index contributed by atoms with van der Waals surface area (Å²) in [5.74, 6) is 0.376. The number of ether oxygens (including phenoxy) is 1. The Kier molecular flexibility index (Phi) is 4.74. The van der Waals surface area contributed by atoms with E-state index in [1.165, 1.54) is 12.1 Å². The van der Waals surface area contributed by atoms with E-state index in [4.69, 9.17) is 4.74 Å². The van der Waals surface area contributed by atoms with Gasteiger partial charge in [0, 0.05) is 5.56 Å². The number of hydrogen-bond donors (Lipinski definition) is 1. The fraction of sp³-hybridized carbons (Fsp3) is 0.294. The number of para-hydroxylation sites is 1. The molecule has 0 unspecified atom stereocenters. The van der Waals surface area contributed by atoms with E-state index in [9.17, 15) is 9.50 Å². The minimum atomic E-state index is -0.542. The Morgan fingerprint density at radius 3 is 2.70 bits per heavy atom. The highest BCUT2D eigenvalue weighted by molar-refractivity contribution is 5.35. The summed E-state index contributed by atoms with van der Waals surface area (Å²) in [6.07, 6.45) is 0.0825. The fourth-order valence-electron chi connectivity index (χ4n) is 2.06. The summed E-state index contributed by atoms with van der Waals surface area (Å²) in [5, 5.41) is 9.97. The zero-order valence-corrected chi connectivity index (χ0v) is 11.8. The van der Waals surface area contributed by atoms with E-state index in [1.54, 1.807) is 6.07 Å². The summed E-state index contributed by atoms with van der Waals surface area (Å²) in [5.41, 5.74) is 2.56. The Labute approximate surface area is 118 Å². The van der Waals surface area contributed by atoms with Crippen molar-refractivity contribution >= 4 is 0 Å². The van der Waals surface area contributed by atoms with Crippen LogP contribution in [0.15, 0.2) is 42.5 Å². The van der Waals surface area contributed by atoms with Crippen molar-refractivity contribution < 1.29 is 14.2 Å². The molecule has 0 aliphatic heterocycles. The second-order valence-electron chi connectivity index (χ2n) is 4.82. The molecule has 0 aliphatic carbocycles. The average Bonchev–Trinajstić information content (AvgIpc) is 2.47. The molecule has 0 heterocycles. The molecule has 106 valence electrons. The van der Waals surface area contributed by atoms with Crippen LogP contribution in [0, 0.1) is 12.7 Å². The molecule has 0 radical (unpaired) electrons. The third-order valence-electron chi connectivity index (χ3n) is 3.36. The molecule has 0 spiro atoms. The smallest absolute Gasteiger partial charge is 0.125 e. The molecule has 0 amide bonds. The maximum absolute atomic E-state index is 13.2. The van der Waals surface area contributed by atoms with Crippen LogP contribution >= 0.6 is 0 Å². The molecule has 0 aromatic heterocycles. The molecule has 2 aromatic rings. The number of rotatable bonds is 5. The standard InChI is InChI=1S/C17H19FO2/c1-3-16(19)15-6-4-5-7-17(15)20-11-13-10-14(18)9-8-12(13)2/h4-10,16,19H,3,11H2,1-2H3/t16-/m0/s1. The van der Waals surface area contributed by atoms with Gasteiger partial charge < -0.3 is 9.84 Å². The Morgan fingerprint density at radius 1 is 1.20 bits per heavy atom. The van der Waals surface area contributed by atoms with E-state index in [0.717, 1.165) is 16.7 Å². The molecular formula is C17H19FO2. The summed E-state index contributed by atoms with van der Waals surface area (Å²) in [4.78, 5) is 0. The summed E-state index contributed by atoms with van der Waals surface area (Å²) in [7, 11) is 0. The number of hydrogen-bond acceptors (Lipinski definition) is 2. The lowest BCUT2D eigenvalue weighted by Gasteiger charge is -2.15. The zero-order valence-electron chi connectivity index (χ0n) is 11.8. The minimum absolute atomic E-state index is 0.268. The van der Waals surface area contributed by atoms with Crippen LogP contribution in [0.5, 0.6) is 5.75 Å². The van der Waals surface area contributed by atoms with Gasteiger partial charge in [-0.05, 0) is 42.7 Å². The summed E-state index contributed by atoms with van der Waals surface area (Å²) in [6, 6.07) is 12.1. The first-order valence-corrected chi connectivity index (χ1v) is 6.76. The van der Waals surface area contributed by atoms with Crippen molar-refractivity contribution in [3.05, 3.63) is 65.0 Å². The van der Waals surface area contributed by atoms with Gasteiger partial charge in [-0.3, -0.25) is 0 Å². The van der Waals surface area contributed by atoms with Gasteiger partial charge in [-0.1, -0.05) is 31.2 Å². The first-order valence-electron chi connectivity index (χ1n) is 6.76. The summed E-state index contributed by atoms with van der Waals surface area (Å²) < 4.78 is 19.0. The Morgan fingerprint density at radius 2 is 1.95 bits per heavy atom. The van der Waals surface area contributed by atoms with E-state index in [2.05, 4.69) is 0 Å². The molecule has 0 aliphatic rings. The Balaban J connectivity index is 2.17. The molecule has 1 N–H and O–H groups in total. The molecular weight excluding hydrogens is 255 g/mol. The molecule has 0 saturated heterocycles. The van der Waals surface area contributed by atoms with Gasteiger partial charge in [0.1, 0.15) is 18.2 Å². The average molecular weight is 274 g/mol. The number of aliphatic hydroxyl groups excluding tert-OH is 1. The van der Waals surface area contributed by atoms with Crippen molar-refractivity contribution in [1.29, 1.82) is 0 Å². The van der Waals surface area contributed by atoms with Crippen molar-refractivity contribution in [3.63, 3.8) is 0 Å². The summed E-state index contributed by atoms with van der Waals surface area (Å²) >= 11 is 0. The largest absolute Gasteiger partial charge is 0.489 e. The predicted molar refractivity (Wildman–Crippen MR) is 77.2 cm³/mol. The highest BCUT2D eigenvalue weighted by atomic mass is 19.1. The van der Waals surface area contributed by atoms with Gasteiger partial charge in [-0.25, -0.2) is 4.39 Å². The Hall–Kier alpha value is -1.87. The lowest BCUT2D eigenvalue weighted by Crippen LogP contribution is -2.03. The van der Waals surface area contributed by atoms with Gasteiger partial charge >= 0.3 is 0 Å². The van der Waals surface area contributed by atoms with Gasteiger partial charge in [0.25, 0.3) is 0 Å². The quantitative estimate of drug-likeness (QED) is 0.887. The monoisotopic (exact) mass is 274 g/mol. The van der Waals surface area contributed by atoms with Crippen LogP contribution in [0.25, 0.3) is 0 Å². The van der Waals surface area contributed by atoms with Gasteiger partial charge in [-0.15, -0.1) is 0 Å². The molecule has 2 rings (SSSR count). The lowest BCUT2D eigenvalue weighted by atomic mass is 10.1. The van der Waals surface area contributed by atoms with Crippen molar-refractivity contribution in [2.75, 3.05) is 0 Å². The van der Waals surface area contributed by atoms with Crippen LogP contribution in [-0.2, 0) is 6.61 Å². The third kappa shape index (κ3) is 3.36. The van der Waals surface area contributed by atoms with Crippen molar-refractivity contribution in [1.82, 2.24) is 0 Å². The number of halogens is 1. The van der Waals surface area contributed by atoms with E-state index in [-0.39, 0.29) is 12.4 Å². The SMILES string of the molecule is CC[C@H](O)c1ccccc1OCc1cc(F)ccc1C. The maximum Gasteiger partial charge on any atom is 0.125 e. The molecule has 0 fully saturated rings. The zero-order chi connectivity index (χ0) is 14.5. The summed E-state index contributed by atoms with van der Waals surface area (Å²) in [6.45, 7) is 4.13. The topological polar surface area (TPSA) is 29.5 Å². The van der Waals surface area contributed by atoms with Crippen LogP contribution < -0.4 is 4.74 Å². The van der Waals surface area contributed by atoms with Crippen LogP contribution in [0.2, 0.25) is 0 Å². The first-order chi connectivity index (χ1) is 9.61. The van der Waals surface area contributed by atoms with Crippen molar-refractivity contribution in [3.8, 4) is 5.75 Å². The number of aliphatic hydroxyl groups is 1. The number of aryl methyl sites for hydroxylation is 1. The molecule has 1 atom stereocenters. The van der Waals surface area contributed by atoms with Crippen molar-refractivity contribution in [2.24, 2.45) is 0 Å². The molecule has 2 nitrogen and oxygen atoms in total. The first kappa shape index (κ1) is 14.5. The second-order valence-corrected chi connectivity index (χ2v) is 4.82. The van der Waals surface area contributed by atoms with Gasteiger partial charge in [-0.2, -0.15) is 0 Å². The normalized spacial score (nSPS) is 12.2. The van der Waals surface area contributed by atoms with Crippen LogP contribution in [0.3, 0.4) is 0 Å². The highest BCUT2D eigenvalue weighted by Gasteiger charge is 2.11. The van der Waals surface area contributed by atoms with Crippen molar-refractivity contribution in [2.45, 2.75) is 33.0 Å². The molecule has 20 heavy (non-hydrogen) atoms. The van der Waals surface area contributed by atoms with Gasteiger partial charge in [0.15, 0.2) is 0 Å². The second kappa shape index (κ2) is 6.53. The van der Waals surface area contributed by atoms with E-state index in [1.807, 2.05) is 38.1 Å². The maximum atomic E-state index is 13.2. The fourth-order valence-corrected chi connectivity index (χ4v) is 2.06. The lowest BCUT2D eigenvalue weighted by molar-refractivity contribution is 0.166. The van der Waals surface area contributed by atoms with Gasteiger partial charge in [0.05, 0.1) is 6.10 Å². The van der Waals surface area contributed by atoms with E-state index >= 15 is 0 Å².